The first-order valence-corrected chi connectivity index (χ1v) is 5.36. The Morgan fingerprint density at radius 1 is 1.31 bits per heavy atom. The van der Waals surface area contributed by atoms with E-state index in [4.69, 9.17) is 0 Å². The molecule has 0 saturated heterocycles. The molecule has 3 unspecified atom stereocenters. The van der Waals surface area contributed by atoms with Crippen molar-refractivity contribution in [3.63, 3.8) is 0 Å². The molecular weight excluding hydrogens is 158 g/mol. The monoisotopic (exact) mass is 179 g/mol. The molecule has 1 heteroatoms. The van der Waals surface area contributed by atoms with Crippen molar-refractivity contribution in [3.8, 4) is 0 Å². The van der Waals surface area contributed by atoms with Crippen LogP contribution >= 0.6 is 0 Å². The first-order valence-electron chi connectivity index (χ1n) is 5.36. The minimum absolute atomic E-state index is 0.509. The number of allylic oxidation sites excluding steroid dienone is 1. The summed E-state index contributed by atoms with van der Waals surface area (Å²) in [6, 6.07) is 0.509. The molecule has 74 valence electrons. The van der Waals surface area contributed by atoms with E-state index >= 15 is 0 Å². The summed E-state index contributed by atoms with van der Waals surface area (Å²) in [7, 11) is 0. The lowest BCUT2D eigenvalue weighted by atomic mass is 9.80. The van der Waals surface area contributed by atoms with Gasteiger partial charge in [0.1, 0.15) is 0 Å². The molecule has 13 heavy (non-hydrogen) atoms. The van der Waals surface area contributed by atoms with Gasteiger partial charge in [0.2, 0.25) is 0 Å². The molecule has 0 N–H and O–H groups in total. The fourth-order valence-corrected chi connectivity index (χ4v) is 1.92. The second kappa shape index (κ2) is 4.59. The third-order valence-corrected chi connectivity index (χ3v) is 3.07. The van der Waals surface area contributed by atoms with Crippen molar-refractivity contribution in [1.29, 1.82) is 0 Å². The largest absolute Gasteiger partial charge is 0.289 e. The highest BCUT2D eigenvalue weighted by Crippen LogP contribution is 2.28. The van der Waals surface area contributed by atoms with Crippen molar-refractivity contribution in [3.05, 3.63) is 12.2 Å². The van der Waals surface area contributed by atoms with E-state index in [1.807, 2.05) is 6.21 Å². The van der Waals surface area contributed by atoms with Crippen LogP contribution in [0.2, 0.25) is 0 Å². The topological polar surface area (TPSA) is 12.4 Å². The third kappa shape index (κ3) is 2.43. The van der Waals surface area contributed by atoms with Gasteiger partial charge in [-0.3, -0.25) is 4.99 Å². The lowest BCUT2D eigenvalue weighted by Crippen LogP contribution is -2.29. The third-order valence-electron chi connectivity index (χ3n) is 3.07. The number of aliphatic imine (C=N–C) groups is 1. The summed E-state index contributed by atoms with van der Waals surface area (Å²) in [4.78, 5) is 4.59. The zero-order valence-corrected chi connectivity index (χ0v) is 9.20. The molecule has 0 radical (unpaired) electrons. The number of dihydropyridines is 1. The van der Waals surface area contributed by atoms with Crippen molar-refractivity contribution in [2.45, 2.75) is 40.2 Å². The van der Waals surface area contributed by atoms with Crippen LogP contribution in [0, 0.1) is 17.8 Å². The smallest absolute Gasteiger partial charge is 0.0590 e. The van der Waals surface area contributed by atoms with Crippen molar-refractivity contribution in [2.75, 3.05) is 0 Å². The lowest BCUT2D eigenvalue weighted by molar-refractivity contribution is 0.303. The molecule has 0 saturated carbocycles. The molecule has 0 spiro atoms. The summed E-state index contributed by atoms with van der Waals surface area (Å²) in [5.41, 5.74) is 0. The van der Waals surface area contributed by atoms with E-state index in [0.29, 0.717) is 23.8 Å². The lowest BCUT2D eigenvalue weighted by Gasteiger charge is -2.30. The molecule has 3 atom stereocenters. The van der Waals surface area contributed by atoms with Crippen LogP contribution in [0.5, 0.6) is 0 Å². The summed E-state index contributed by atoms with van der Waals surface area (Å²) in [5.74, 6) is 2.04. The van der Waals surface area contributed by atoms with Gasteiger partial charge in [-0.15, -0.1) is 0 Å². The Bertz CT molecular complexity index is 203. The minimum Gasteiger partial charge on any atom is -0.289 e. The summed E-state index contributed by atoms with van der Waals surface area (Å²) in [5, 5.41) is 0. The Labute approximate surface area is 82.0 Å². The number of hydrogen-bond donors (Lipinski definition) is 0. The first-order chi connectivity index (χ1) is 6.16. The summed E-state index contributed by atoms with van der Waals surface area (Å²) in [6.07, 6.45) is 7.58. The van der Waals surface area contributed by atoms with Crippen LogP contribution in [0.15, 0.2) is 17.1 Å². The molecule has 0 amide bonds. The standard InChI is InChI=1S/C12H21N/c1-5-10(4)12-11(9(2)3)7-6-8-13-12/h6-12H,5H2,1-4H3. The second-order valence-electron chi connectivity index (χ2n) is 4.38. The predicted molar refractivity (Wildman–Crippen MR) is 59.2 cm³/mol. The van der Waals surface area contributed by atoms with Crippen molar-refractivity contribution >= 4 is 6.21 Å². The molecule has 0 aromatic carbocycles. The highest BCUT2D eigenvalue weighted by Gasteiger charge is 2.26. The molecule has 1 nitrogen and oxygen atoms in total. The van der Waals surface area contributed by atoms with Crippen LogP contribution in [0.4, 0.5) is 0 Å². The molecule has 1 heterocycles. The molecule has 0 aliphatic carbocycles. The fourth-order valence-electron chi connectivity index (χ4n) is 1.92. The minimum atomic E-state index is 0.509. The van der Waals surface area contributed by atoms with Gasteiger partial charge in [0.15, 0.2) is 0 Å². The van der Waals surface area contributed by atoms with Gasteiger partial charge >= 0.3 is 0 Å². The van der Waals surface area contributed by atoms with Crippen LogP contribution in [0.25, 0.3) is 0 Å². The van der Waals surface area contributed by atoms with Gasteiger partial charge in [-0.05, 0) is 17.9 Å². The fraction of sp³-hybridized carbons (Fsp3) is 0.750. The van der Waals surface area contributed by atoms with Crippen molar-refractivity contribution < 1.29 is 0 Å². The predicted octanol–water partition coefficient (Wildman–Crippen LogP) is 3.31. The summed E-state index contributed by atoms with van der Waals surface area (Å²) >= 11 is 0. The Balaban J connectivity index is 2.70. The van der Waals surface area contributed by atoms with Gasteiger partial charge in [-0.1, -0.05) is 40.2 Å². The molecule has 1 rings (SSSR count). The molecule has 0 fully saturated rings. The Morgan fingerprint density at radius 3 is 2.54 bits per heavy atom. The van der Waals surface area contributed by atoms with Gasteiger partial charge in [0, 0.05) is 12.1 Å². The summed E-state index contributed by atoms with van der Waals surface area (Å²) < 4.78 is 0. The maximum absolute atomic E-state index is 4.59. The van der Waals surface area contributed by atoms with Crippen LogP contribution in [0.1, 0.15) is 34.1 Å². The molecule has 0 bridgehead atoms. The number of hydrogen-bond acceptors (Lipinski definition) is 1. The maximum Gasteiger partial charge on any atom is 0.0590 e. The maximum atomic E-state index is 4.59. The Morgan fingerprint density at radius 2 is 2.00 bits per heavy atom. The van der Waals surface area contributed by atoms with E-state index in [-0.39, 0.29) is 0 Å². The molecule has 0 aromatic rings. The van der Waals surface area contributed by atoms with E-state index in [1.54, 1.807) is 0 Å². The average molecular weight is 179 g/mol. The zero-order valence-electron chi connectivity index (χ0n) is 9.20. The van der Waals surface area contributed by atoms with E-state index in [9.17, 15) is 0 Å². The quantitative estimate of drug-likeness (QED) is 0.630. The highest BCUT2D eigenvalue weighted by molar-refractivity contribution is 5.72. The Hall–Kier alpha value is -0.590. The van der Waals surface area contributed by atoms with Gasteiger partial charge in [-0.25, -0.2) is 0 Å². The second-order valence-corrected chi connectivity index (χ2v) is 4.38. The number of nitrogens with zero attached hydrogens (tertiary/aromatic N) is 1. The normalized spacial score (nSPS) is 29.6. The van der Waals surface area contributed by atoms with E-state index in [1.165, 1.54) is 6.42 Å². The SMILES string of the molecule is CCC(C)C1N=CC=CC1C(C)C. The van der Waals surface area contributed by atoms with Gasteiger partial charge in [0.25, 0.3) is 0 Å². The molecule has 1 aliphatic rings. The summed E-state index contributed by atoms with van der Waals surface area (Å²) in [6.45, 7) is 9.11. The van der Waals surface area contributed by atoms with Gasteiger partial charge in [0.05, 0.1) is 6.04 Å². The highest BCUT2D eigenvalue weighted by atomic mass is 14.8. The molecule has 0 aromatic heterocycles. The van der Waals surface area contributed by atoms with Crippen LogP contribution in [0.3, 0.4) is 0 Å². The van der Waals surface area contributed by atoms with Gasteiger partial charge in [-0.2, -0.15) is 0 Å². The average Bonchev–Trinajstić information content (AvgIpc) is 2.16. The molecule has 1 aliphatic heterocycles. The number of rotatable bonds is 3. The van der Waals surface area contributed by atoms with Crippen molar-refractivity contribution in [2.24, 2.45) is 22.7 Å². The van der Waals surface area contributed by atoms with E-state index in [0.717, 1.165) is 0 Å². The van der Waals surface area contributed by atoms with E-state index in [2.05, 4.69) is 44.8 Å². The molecular formula is C12H21N. The van der Waals surface area contributed by atoms with E-state index < -0.39 is 0 Å². The Kier molecular flexibility index (Phi) is 3.71. The van der Waals surface area contributed by atoms with Crippen LogP contribution in [-0.4, -0.2) is 12.3 Å². The zero-order chi connectivity index (χ0) is 9.84. The van der Waals surface area contributed by atoms with Crippen LogP contribution < -0.4 is 0 Å². The van der Waals surface area contributed by atoms with Crippen LogP contribution in [-0.2, 0) is 0 Å². The van der Waals surface area contributed by atoms with Gasteiger partial charge < -0.3 is 0 Å². The first kappa shape index (κ1) is 10.5. The van der Waals surface area contributed by atoms with Crippen molar-refractivity contribution in [1.82, 2.24) is 0 Å².